The quantitative estimate of drug-likeness (QED) is 0.596. The van der Waals surface area contributed by atoms with Gasteiger partial charge in [-0.2, -0.15) is 0 Å². The van der Waals surface area contributed by atoms with E-state index in [2.05, 4.69) is 10.6 Å². The second-order valence-electron chi connectivity index (χ2n) is 4.79. The van der Waals surface area contributed by atoms with Crippen molar-refractivity contribution in [3.05, 3.63) is 0 Å². The molecule has 2 amide bonds. The second-order valence-corrected chi connectivity index (χ2v) is 4.79. The normalized spacial score (nSPS) is 13.9. The summed E-state index contributed by atoms with van der Waals surface area (Å²) in [6.45, 7) is 8.51. The Morgan fingerprint density at radius 3 is 2.32 bits per heavy atom. The molecule has 0 aliphatic heterocycles. The SMILES string of the molecule is CCOC(CNC(=O)NC(CC)C(C)C)CC(=O)O. The first-order valence-electron chi connectivity index (χ1n) is 6.78. The summed E-state index contributed by atoms with van der Waals surface area (Å²) >= 11 is 0. The number of hydrogen-bond donors (Lipinski definition) is 3. The Morgan fingerprint density at radius 2 is 1.89 bits per heavy atom. The molecule has 2 unspecified atom stereocenters. The van der Waals surface area contributed by atoms with Crippen LogP contribution in [0.2, 0.25) is 0 Å². The van der Waals surface area contributed by atoms with Crippen LogP contribution < -0.4 is 10.6 Å². The Labute approximate surface area is 114 Å². The van der Waals surface area contributed by atoms with Gasteiger partial charge in [0.05, 0.1) is 12.5 Å². The van der Waals surface area contributed by atoms with E-state index >= 15 is 0 Å². The zero-order valence-electron chi connectivity index (χ0n) is 12.2. The maximum absolute atomic E-state index is 11.7. The van der Waals surface area contributed by atoms with Gasteiger partial charge in [0.2, 0.25) is 0 Å². The molecule has 0 aromatic rings. The van der Waals surface area contributed by atoms with Crippen LogP contribution in [0, 0.1) is 5.92 Å². The average molecular weight is 274 g/mol. The van der Waals surface area contributed by atoms with Crippen LogP contribution in [-0.4, -0.2) is 42.4 Å². The molecule has 19 heavy (non-hydrogen) atoms. The van der Waals surface area contributed by atoms with Crippen molar-refractivity contribution in [2.75, 3.05) is 13.2 Å². The highest BCUT2D eigenvalue weighted by Crippen LogP contribution is 2.05. The molecule has 0 saturated carbocycles. The van der Waals surface area contributed by atoms with Crippen LogP contribution >= 0.6 is 0 Å². The lowest BCUT2D eigenvalue weighted by molar-refractivity contribution is -0.140. The summed E-state index contributed by atoms with van der Waals surface area (Å²) in [4.78, 5) is 22.3. The zero-order chi connectivity index (χ0) is 14.8. The summed E-state index contributed by atoms with van der Waals surface area (Å²) in [5.74, 6) is -0.577. The minimum atomic E-state index is -0.936. The van der Waals surface area contributed by atoms with Gasteiger partial charge in [-0.15, -0.1) is 0 Å². The summed E-state index contributed by atoms with van der Waals surface area (Å²) in [5.41, 5.74) is 0. The summed E-state index contributed by atoms with van der Waals surface area (Å²) in [5, 5.41) is 14.2. The standard InChI is InChI=1S/C13H26N2O4/c1-5-11(9(3)4)15-13(18)14-8-10(19-6-2)7-12(16)17/h9-11H,5-8H2,1-4H3,(H,16,17)(H2,14,15,18). The Morgan fingerprint density at radius 1 is 1.26 bits per heavy atom. The molecule has 0 radical (unpaired) electrons. The maximum atomic E-state index is 11.7. The molecule has 0 rings (SSSR count). The first kappa shape index (κ1) is 17.7. The summed E-state index contributed by atoms with van der Waals surface area (Å²) in [7, 11) is 0. The minimum Gasteiger partial charge on any atom is -0.481 e. The minimum absolute atomic E-state index is 0.116. The van der Waals surface area contributed by atoms with Crippen molar-refractivity contribution in [1.29, 1.82) is 0 Å². The third-order valence-corrected chi connectivity index (χ3v) is 2.86. The molecule has 6 heteroatoms. The molecule has 0 fully saturated rings. The van der Waals surface area contributed by atoms with Crippen molar-refractivity contribution in [2.45, 2.75) is 52.7 Å². The number of hydrogen-bond acceptors (Lipinski definition) is 3. The molecule has 0 aromatic heterocycles. The van der Waals surface area contributed by atoms with Gasteiger partial charge in [0.1, 0.15) is 0 Å². The van der Waals surface area contributed by atoms with E-state index in [1.54, 1.807) is 6.92 Å². The number of ether oxygens (including phenoxy) is 1. The lowest BCUT2D eigenvalue weighted by Gasteiger charge is -2.22. The van der Waals surface area contributed by atoms with Crippen LogP contribution in [0.5, 0.6) is 0 Å². The predicted molar refractivity (Wildman–Crippen MR) is 73.1 cm³/mol. The molecule has 0 spiro atoms. The van der Waals surface area contributed by atoms with Crippen molar-refractivity contribution in [3.8, 4) is 0 Å². The zero-order valence-corrected chi connectivity index (χ0v) is 12.2. The highest BCUT2D eigenvalue weighted by atomic mass is 16.5. The van der Waals surface area contributed by atoms with Gasteiger partial charge >= 0.3 is 12.0 Å². The number of urea groups is 1. The lowest BCUT2D eigenvalue weighted by Crippen LogP contribution is -2.46. The highest BCUT2D eigenvalue weighted by Gasteiger charge is 2.17. The van der Waals surface area contributed by atoms with Crippen LogP contribution in [0.1, 0.15) is 40.5 Å². The monoisotopic (exact) mass is 274 g/mol. The molecule has 0 aliphatic carbocycles. The number of amides is 2. The number of nitrogens with one attached hydrogen (secondary N) is 2. The topological polar surface area (TPSA) is 87.7 Å². The summed E-state index contributed by atoms with van der Waals surface area (Å²) in [6.07, 6.45) is 0.248. The Bertz CT molecular complexity index is 282. The molecule has 6 nitrogen and oxygen atoms in total. The molecule has 0 heterocycles. The van der Waals surface area contributed by atoms with E-state index in [0.717, 1.165) is 6.42 Å². The van der Waals surface area contributed by atoms with E-state index in [-0.39, 0.29) is 25.0 Å². The van der Waals surface area contributed by atoms with E-state index in [1.165, 1.54) is 0 Å². The fourth-order valence-electron chi connectivity index (χ4n) is 1.79. The van der Waals surface area contributed by atoms with E-state index in [9.17, 15) is 9.59 Å². The van der Waals surface area contributed by atoms with Gasteiger partial charge in [-0.1, -0.05) is 20.8 Å². The molecule has 112 valence electrons. The van der Waals surface area contributed by atoms with Gasteiger partial charge in [-0.3, -0.25) is 4.79 Å². The van der Waals surface area contributed by atoms with Crippen molar-refractivity contribution in [3.63, 3.8) is 0 Å². The van der Waals surface area contributed by atoms with Crippen LogP contribution in [0.4, 0.5) is 4.79 Å². The van der Waals surface area contributed by atoms with Crippen LogP contribution in [0.25, 0.3) is 0 Å². The molecule has 0 bridgehead atoms. The number of carbonyl (C=O) groups is 2. The Balaban J connectivity index is 4.13. The van der Waals surface area contributed by atoms with Gasteiger partial charge in [0.15, 0.2) is 0 Å². The van der Waals surface area contributed by atoms with E-state index < -0.39 is 12.1 Å². The van der Waals surface area contributed by atoms with Gasteiger partial charge in [-0.25, -0.2) is 4.79 Å². The van der Waals surface area contributed by atoms with Gasteiger partial charge < -0.3 is 20.5 Å². The molecule has 0 aliphatic rings. The molecule has 0 aromatic carbocycles. The van der Waals surface area contributed by atoms with Gasteiger partial charge in [0.25, 0.3) is 0 Å². The Kier molecular flexibility index (Phi) is 8.95. The van der Waals surface area contributed by atoms with Crippen LogP contribution in [0.3, 0.4) is 0 Å². The predicted octanol–water partition coefficient (Wildman–Crippen LogP) is 1.60. The number of rotatable bonds is 9. The Hall–Kier alpha value is -1.30. The highest BCUT2D eigenvalue weighted by molar-refractivity contribution is 5.74. The van der Waals surface area contributed by atoms with Crippen molar-refractivity contribution in [2.24, 2.45) is 5.92 Å². The molecule has 3 N–H and O–H groups in total. The summed E-state index contributed by atoms with van der Waals surface area (Å²) in [6, 6.07) is -0.166. The number of carboxylic acid groups (broad SMARTS) is 1. The number of aliphatic carboxylic acids is 1. The first-order valence-corrected chi connectivity index (χ1v) is 6.78. The third-order valence-electron chi connectivity index (χ3n) is 2.86. The molecular weight excluding hydrogens is 248 g/mol. The van der Waals surface area contributed by atoms with Crippen molar-refractivity contribution < 1.29 is 19.4 Å². The molecular formula is C13H26N2O4. The molecule has 0 saturated heterocycles. The van der Waals surface area contributed by atoms with Crippen LogP contribution in [0.15, 0.2) is 0 Å². The number of carbonyl (C=O) groups excluding carboxylic acids is 1. The van der Waals surface area contributed by atoms with Gasteiger partial charge in [-0.05, 0) is 19.3 Å². The molecule has 2 atom stereocenters. The number of carboxylic acids is 1. The third kappa shape index (κ3) is 8.42. The fourth-order valence-corrected chi connectivity index (χ4v) is 1.79. The average Bonchev–Trinajstić information content (AvgIpc) is 2.32. The fraction of sp³-hybridized carbons (Fsp3) is 0.846. The van der Waals surface area contributed by atoms with Crippen molar-refractivity contribution in [1.82, 2.24) is 10.6 Å². The maximum Gasteiger partial charge on any atom is 0.315 e. The summed E-state index contributed by atoms with van der Waals surface area (Å²) < 4.78 is 5.26. The van der Waals surface area contributed by atoms with E-state index in [0.29, 0.717) is 12.5 Å². The smallest absolute Gasteiger partial charge is 0.315 e. The first-order chi connectivity index (χ1) is 8.90. The largest absolute Gasteiger partial charge is 0.481 e. The van der Waals surface area contributed by atoms with E-state index in [1.807, 2.05) is 20.8 Å². The lowest BCUT2D eigenvalue weighted by atomic mass is 10.0. The van der Waals surface area contributed by atoms with Crippen LogP contribution in [-0.2, 0) is 9.53 Å². The van der Waals surface area contributed by atoms with Crippen molar-refractivity contribution >= 4 is 12.0 Å². The van der Waals surface area contributed by atoms with E-state index in [4.69, 9.17) is 9.84 Å². The van der Waals surface area contributed by atoms with Gasteiger partial charge in [0, 0.05) is 19.2 Å². The second kappa shape index (κ2) is 9.61.